The first-order chi connectivity index (χ1) is 7.35. The third-order valence-corrected chi connectivity index (χ3v) is 3.80. The van der Waals surface area contributed by atoms with Crippen LogP contribution >= 0.6 is 0 Å². The van der Waals surface area contributed by atoms with Crippen molar-refractivity contribution in [3.63, 3.8) is 0 Å². The van der Waals surface area contributed by atoms with Crippen molar-refractivity contribution in [3.8, 4) is 5.75 Å². The first-order valence-electron chi connectivity index (χ1n) is 5.79. The molecule has 2 atom stereocenters. The Hall–Kier alpha value is -1.02. The lowest BCUT2D eigenvalue weighted by atomic mass is 9.95. The molecule has 2 heteroatoms. The average Bonchev–Trinajstić information content (AvgIpc) is 2.83. The molecule has 0 radical (unpaired) electrons. The lowest BCUT2D eigenvalue weighted by Crippen LogP contribution is -2.19. The fourth-order valence-electron chi connectivity index (χ4n) is 2.84. The van der Waals surface area contributed by atoms with E-state index in [4.69, 9.17) is 4.74 Å². The number of piperidine rings is 1. The number of benzene rings is 1. The molecule has 0 unspecified atom stereocenters. The Kier molecular flexibility index (Phi) is 1.99. The lowest BCUT2D eigenvalue weighted by molar-refractivity contribution is 0.340. The predicted octanol–water partition coefficient (Wildman–Crippen LogP) is 1.95. The molecule has 2 fully saturated rings. The van der Waals surface area contributed by atoms with Gasteiger partial charge in [-0.05, 0) is 43.5 Å². The van der Waals surface area contributed by atoms with Gasteiger partial charge >= 0.3 is 0 Å². The Bertz CT molecular complexity index is 359. The molecule has 15 heavy (non-hydrogen) atoms. The standard InChI is InChI=1S/C13H17NO/c1-2-15-12-5-3-10(4-6-12)13-7-11(13)8-14-9-13/h3-6,11,14H,2,7-9H2,1H3/t11-,13-/m1/s1. The van der Waals surface area contributed by atoms with Crippen LogP contribution in [0, 0.1) is 5.92 Å². The molecule has 2 aliphatic rings. The van der Waals surface area contributed by atoms with E-state index in [1.807, 2.05) is 6.92 Å². The van der Waals surface area contributed by atoms with Gasteiger partial charge in [0.2, 0.25) is 0 Å². The topological polar surface area (TPSA) is 21.3 Å². The van der Waals surface area contributed by atoms with Crippen LogP contribution in [0.5, 0.6) is 5.75 Å². The first-order valence-corrected chi connectivity index (χ1v) is 5.79. The molecular formula is C13H17NO. The predicted molar refractivity (Wildman–Crippen MR) is 60.3 cm³/mol. The van der Waals surface area contributed by atoms with Crippen molar-refractivity contribution in [2.45, 2.75) is 18.8 Å². The van der Waals surface area contributed by atoms with Crippen molar-refractivity contribution in [2.24, 2.45) is 5.92 Å². The minimum absolute atomic E-state index is 0.477. The third-order valence-electron chi connectivity index (χ3n) is 3.80. The van der Waals surface area contributed by atoms with Crippen LogP contribution in [0.1, 0.15) is 18.9 Å². The van der Waals surface area contributed by atoms with Crippen LogP contribution in [0.2, 0.25) is 0 Å². The number of hydrogen-bond acceptors (Lipinski definition) is 2. The molecule has 1 aromatic carbocycles. The second-order valence-electron chi connectivity index (χ2n) is 4.65. The van der Waals surface area contributed by atoms with Crippen molar-refractivity contribution in [3.05, 3.63) is 29.8 Å². The smallest absolute Gasteiger partial charge is 0.119 e. The molecule has 1 aliphatic carbocycles. The summed E-state index contributed by atoms with van der Waals surface area (Å²) < 4.78 is 5.45. The summed E-state index contributed by atoms with van der Waals surface area (Å²) in [7, 11) is 0. The number of fused-ring (bicyclic) bond motifs is 1. The number of ether oxygens (including phenoxy) is 1. The largest absolute Gasteiger partial charge is 0.494 e. The minimum Gasteiger partial charge on any atom is -0.494 e. The van der Waals surface area contributed by atoms with E-state index < -0.39 is 0 Å². The summed E-state index contributed by atoms with van der Waals surface area (Å²) in [6.45, 7) is 5.12. The van der Waals surface area contributed by atoms with Crippen molar-refractivity contribution < 1.29 is 4.74 Å². The highest BCUT2D eigenvalue weighted by Crippen LogP contribution is 2.56. The van der Waals surface area contributed by atoms with E-state index in [-0.39, 0.29) is 0 Å². The number of hydrogen-bond donors (Lipinski definition) is 1. The van der Waals surface area contributed by atoms with Gasteiger partial charge in [-0.2, -0.15) is 0 Å². The van der Waals surface area contributed by atoms with Crippen LogP contribution < -0.4 is 10.1 Å². The van der Waals surface area contributed by atoms with Crippen molar-refractivity contribution >= 4 is 0 Å². The molecule has 1 saturated carbocycles. The van der Waals surface area contributed by atoms with Gasteiger partial charge in [-0.3, -0.25) is 0 Å². The van der Waals surface area contributed by atoms with E-state index in [2.05, 4.69) is 29.6 Å². The van der Waals surface area contributed by atoms with Gasteiger partial charge in [0.1, 0.15) is 5.75 Å². The molecule has 1 N–H and O–H groups in total. The average molecular weight is 203 g/mol. The summed E-state index contributed by atoms with van der Waals surface area (Å²) in [6.07, 6.45) is 1.37. The van der Waals surface area contributed by atoms with Crippen molar-refractivity contribution in [1.29, 1.82) is 0 Å². The van der Waals surface area contributed by atoms with E-state index in [1.54, 1.807) is 0 Å². The minimum atomic E-state index is 0.477. The van der Waals surface area contributed by atoms with Crippen molar-refractivity contribution in [2.75, 3.05) is 19.7 Å². The molecule has 0 spiro atoms. The summed E-state index contributed by atoms with van der Waals surface area (Å²) in [5.74, 6) is 1.87. The molecule has 1 saturated heterocycles. The zero-order valence-electron chi connectivity index (χ0n) is 9.12. The Morgan fingerprint density at radius 3 is 2.73 bits per heavy atom. The van der Waals surface area contributed by atoms with E-state index >= 15 is 0 Å². The molecule has 0 amide bonds. The quantitative estimate of drug-likeness (QED) is 0.810. The van der Waals surface area contributed by atoms with E-state index in [9.17, 15) is 0 Å². The van der Waals surface area contributed by atoms with Gasteiger partial charge in [0.25, 0.3) is 0 Å². The fourth-order valence-corrected chi connectivity index (χ4v) is 2.84. The summed E-state index contributed by atoms with van der Waals surface area (Å²) in [6, 6.07) is 8.67. The molecule has 2 nitrogen and oxygen atoms in total. The second kappa shape index (κ2) is 3.24. The third kappa shape index (κ3) is 1.36. The summed E-state index contributed by atoms with van der Waals surface area (Å²) in [5, 5.41) is 3.47. The number of nitrogens with one attached hydrogen (secondary N) is 1. The monoisotopic (exact) mass is 203 g/mol. The molecular weight excluding hydrogens is 186 g/mol. The molecule has 3 rings (SSSR count). The Morgan fingerprint density at radius 2 is 2.20 bits per heavy atom. The Balaban J connectivity index is 1.82. The van der Waals surface area contributed by atoms with Crippen LogP contribution in [0.25, 0.3) is 0 Å². The normalized spacial score (nSPS) is 32.5. The molecule has 80 valence electrons. The highest BCUT2D eigenvalue weighted by Gasteiger charge is 2.57. The summed E-state index contributed by atoms with van der Waals surface area (Å²) in [5.41, 5.74) is 1.96. The maximum Gasteiger partial charge on any atom is 0.119 e. The van der Waals surface area contributed by atoms with Gasteiger partial charge in [0.05, 0.1) is 6.61 Å². The van der Waals surface area contributed by atoms with Gasteiger partial charge in [0.15, 0.2) is 0 Å². The van der Waals surface area contributed by atoms with E-state index in [1.165, 1.54) is 18.5 Å². The Morgan fingerprint density at radius 1 is 1.40 bits per heavy atom. The van der Waals surface area contributed by atoms with Crippen LogP contribution in [0.4, 0.5) is 0 Å². The second-order valence-corrected chi connectivity index (χ2v) is 4.65. The maximum atomic E-state index is 5.45. The SMILES string of the molecule is CCOc1ccc([C@@]23CNC[C@H]2C3)cc1. The number of rotatable bonds is 3. The molecule has 1 aromatic rings. The zero-order chi connectivity index (χ0) is 10.3. The first kappa shape index (κ1) is 9.22. The van der Waals surface area contributed by atoms with Crippen LogP contribution in [-0.4, -0.2) is 19.7 Å². The van der Waals surface area contributed by atoms with Gasteiger partial charge in [0, 0.05) is 12.0 Å². The molecule has 0 aromatic heterocycles. The molecule has 0 bridgehead atoms. The van der Waals surface area contributed by atoms with Gasteiger partial charge in [-0.15, -0.1) is 0 Å². The molecule has 1 heterocycles. The lowest BCUT2D eigenvalue weighted by Gasteiger charge is -2.12. The van der Waals surface area contributed by atoms with Crippen LogP contribution in [0.3, 0.4) is 0 Å². The van der Waals surface area contributed by atoms with E-state index in [0.717, 1.165) is 24.8 Å². The highest BCUT2D eigenvalue weighted by atomic mass is 16.5. The Labute approximate surface area is 90.6 Å². The van der Waals surface area contributed by atoms with E-state index in [0.29, 0.717) is 5.41 Å². The van der Waals surface area contributed by atoms with Gasteiger partial charge < -0.3 is 10.1 Å². The fraction of sp³-hybridized carbons (Fsp3) is 0.538. The van der Waals surface area contributed by atoms with Crippen LogP contribution in [0.15, 0.2) is 24.3 Å². The van der Waals surface area contributed by atoms with Gasteiger partial charge in [-0.1, -0.05) is 12.1 Å². The van der Waals surface area contributed by atoms with Crippen molar-refractivity contribution in [1.82, 2.24) is 5.32 Å². The summed E-state index contributed by atoms with van der Waals surface area (Å²) >= 11 is 0. The highest BCUT2D eigenvalue weighted by molar-refractivity contribution is 5.39. The summed E-state index contributed by atoms with van der Waals surface area (Å²) in [4.78, 5) is 0. The van der Waals surface area contributed by atoms with Crippen LogP contribution in [-0.2, 0) is 5.41 Å². The molecule has 1 aliphatic heterocycles. The maximum absolute atomic E-state index is 5.45. The van der Waals surface area contributed by atoms with Gasteiger partial charge in [-0.25, -0.2) is 0 Å². The zero-order valence-corrected chi connectivity index (χ0v) is 9.12.